The van der Waals surface area contributed by atoms with Crippen molar-refractivity contribution in [1.82, 2.24) is 4.90 Å². The molecule has 4 nitrogen and oxygen atoms in total. The molecule has 2 amide bonds. The van der Waals surface area contributed by atoms with Crippen molar-refractivity contribution in [1.29, 1.82) is 0 Å². The first kappa shape index (κ1) is 17.5. The van der Waals surface area contributed by atoms with Crippen LogP contribution in [0.1, 0.15) is 24.3 Å². The molecule has 1 heterocycles. The predicted octanol–water partition coefficient (Wildman–Crippen LogP) is 3.95. The van der Waals surface area contributed by atoms with Gasteiger partial charge < -0.3 is 10.2 Å². The standard InChI is InChI=1S/C17H19ClN2O2S/c1-3-20(11-15-8-9-16(18)23-15)17(22)10-13-4-6-14(7-5-13)19-12(2)21/h4-9H,3,10-11H2,1-2H3,(H,19,21). The molecule has 0 bridgehead atoms. The maximum absolute atomic E-state index is 12.4. The fraction of sp³-hybridized carbons (Fsp3) is 0.294. The van der Waals surface area contributed by atoms with Crippen molar-refractivity contribution in [2.75, 3.05) is 11.9 Å². The van der Waals surface area contributed by atoms with E-state index in [1.165, 1.54) is 18.3 Å². The summed E-state index contributed by atoms with van der Waals surface area (Å²) >= 11 is 7.43. The van der Waals surface area contributed by atoms with Gasteiger partial charge in [0.05, 0.1) is 17.3 Å². The van der Waals surface area contributed by atoms with Gasteiger partial charge in [0.2, 0.25) is 11.8 Å². The second kappa shape index (κ2) is 8.13. The highest BCUT2D eigenvalue weighted by Gasteiger charge is 2.14. The van der Waals surface area contributed by atoms with Gasteiger partial charge in [-0.2, -0.15) is 0 Å². The zero-order valence-corrected chi connectivity index (χ0v) is 14.7. The fourth-order valence-electron chi connectivity index (χ4n) is 2.20. The number of rotatable bonds is 6. The molecule has 0 aliphatic rings. The summed E-state index contributed by atoms with van der Waals surface area (Å²) < 4.78 is 0.733. The van der Waals surface area contributed by atoms with Gasteiger partial charge in [0.25, 0.3) is 0 Å². The zero-order chi connectivity index (χ0) is 16.8. The Morgan fingerprint density at radius 1 is 1.17 bits per heavy atom. The van der Waals surface area contributed by atoms with Crippen molar-refractivity contribution >= 4 is 40.4 Å². The van der Waals surface area contributed by atoms with E-state index in [9.17, 15) is 9.59 Å². The van der Waals surface area contributed by atoms with Crippen LogP contribution in [-0.2, 0) is 22.6 Å². The number of nitrogens with zero attached hydrogens (tertiary/aromatic N) is 1. The number of halogens is 1. The molecule has 122 valence electrons. The number of carbonyl (C=O) groups is 2. The quantitative estimate of drug-likeness (QED) is 0.857. The van der Waals surface area contributed by atoms with Crippen LogP contribution in [0.2, 0.25) is 4.34 Å². The van der Waals surface area contributed by atoms with E-state index in [0.717, 1.165) is 20.5 Å². The Morgan fingerprint density at radius 2 is 1.87 bits per heavy atom. The summed E-state index contributed by atoms with van der Waals surface area (Å²) in [6.07, 6.45) is 0.341. The van der Waals surface area contributed by atoms with Crippen LogP contribution < -0.4 is 5.32 Å². The molecule has 2 aromatic rings. The monoisotopic (exact) mass is 350 g/mol. The highest BCUT2D eigenvalue weighted by molar-refractivity contribution is 7.16. The van der Waals surface area contributed by atoms with E-state index >= 15 is 0 Å². The lowest BCUT2D eigenvalue weighted by atomic mass is 10.1. The fourth-order valence-corrected chi connectivity index (χ4v) is 3.30. The molecule has 1 aromatic heterocycles. The van der Waals surface area contributed by atoms with E-state index < -0.39 is 0 Å². The Balaban J connectivity index is 1.97. The molecule has 0 saturated carbocycles. The van der Waals surface area contributed by atoms with Crippen LogP contribution in [0.5, 0.6) is 0 Å². The van der Waals surface area contributed by atoms with Crippen LogP contribution in [0.4, 0.5) is 5.69 Å². The molecule has 0 atom stereocenters. The first-order valence-electron chi connectivity index (χ1n) is 7.36. The molecule has 0 aliphatic carbocycles. The van der Waals surface area contributed by atoms with Gasteiger partial charge in [-0.1, -0.05) is 23.7 Å². The van der Waals surface area contributed by atoms with Crippen molar-refractivity contribution in [2.45, 2.75) is 26.8 Å². The van der Waals surface area contributed by atoms with Crippen LogP contribution in [0.3, 0.4) is 0 Å². The summed E-state index contributed by atoms with van der Waals surface area (Å²) in [5, 5.41) is 2.71. The molecule has 0 saturated heterocycles. The van der Waals surface area contributed by atoms with E-state index in [2.05, 4.69) is 5.32 Å². The summed E-state index contributed by atoms with van der Waals surface area (Å²) in [6, 6.07) is 11.1. The molecule has 1 aromatic carbocycles. The SMILES string of the molecule is CCN(Cc1ccc(Cl)s1)C(=O)Cc1ccc(NC(C)=O)cc1. The van der Waals surface area contributed by atoms with Crippen LogP contribution >= 0.6 is 22.9 Å². The first-order chi connectivity index (χ1) is 11.0. The van der Waals surface area contributed by atoms with Gasteiger partial charge in [-0.25, -0.2) is 0 Å². The third-order valence-electron chi connectivity index (χ3n) is 3.34. The highest BCUT2D eigenvalue weighted by Crippen LogP contribution is 2.23. The van der Waals surface area contributed by atoms with Crippen molar-refractivity contribution in [3.63, 3.8) is 0 Å². The van der Waals surface area contributed by atoms with Crippen molar-refractivity contribution in [3.05, 3.63) is 51.2 Å². The van der Waals surface area contributed by atoms with Gasteiger partial charge in [-0.15, -0.1) is 11.3 Å². The Labute approximate surface area is 145 Å². The molecule has 23 heavy (non-hydrogen) atoms. The van der Waals surface area contributed by atoms with Crippen LogP contribution in [0.25, 0.3) is 0 Å². The third-order valence-corrected chi connectivity index (χ3v) is 4.56. The largest absolute Gasteiger partial charge is 0.338 e. The summed E-state index contributed by atoms with van der Waals surface area (Å²) in [4.78, 5) is 26.3. The van der Waals surface area contributed by atoms with E-state index in [0.29, 0.717) is 19.5 Å². The van der Waals surface area contributed by atoms with Crippen molar-refractivity contribution in [2.24, 2.45) is 0 Å². The second-order valence-electron chi connectivity index (χ2n) is 5.17. The number of carbonyl (C=O) groups excluding carboxylic acids is 2. The van der Waals surface area contributed by atoms with Gasteiger partial charge in [0.15, 0.2) is 0 Å². The Kier molecular flexibility index (Phi) is 6.19. The predicted molar refractivity (Wildman–Crippen MR) is 94.9 cm³/mol. The minimum absolute atomic E-state index is 0.0734. The molecule has 0 aliphatic heterocycles. The number of benzene rings is 1. The van der Waals surface area contributed by atoms with Crippen molar-refractivity contribution in [3.8, 4) is 0 Å². The summed E-state index contributed by atoms with van der Waals surface area (Å²) in [7, 11) is 0. The summed E-state index contributed by atoms with van der Waals surface area (Å²) in [5.74, 6) is -0.0371. The summed E-state index contributed by atoms with van der Waals surface area (Å²) in [5.41, 5.74) is 1.65. The molecule has 6 heteroatoms. The lowest BCUT2D eigenvalue weighted by Crippen LogP contribution is -2.31. The lowest BCUT2D eigenvalue weighted by molar-refractivity contribution is -0.130. The first-order valence-corrected chi connectivity index (χ1v) is 8.56. The van der Waals surface area contributed by atoms with Crippen LogP contribution in [-0.4, -0.2) is 23.3 Å². The molecule has 0 radical (unpaired) electrons. The number of amides is 2. The van der Waals surface area contributed by atoms with Gasteiger partial charge in [-0.3, -0.25) is 9.59 Å². The van der Waals surface area contributed by atoms with E-state index in [1.54, 1.807) is 12.1 Å². The molecular weight excluding hydrogens is 332 g/mol. The minimum Gasteiger partial charge on any atom is -0.338 e. The number of thiophene rings is 1. The van der Waals surface area contributed by atoms with Crippen molar-refractivity contribution < 1.29 is 9.59 Å². The maximum atomic E-state index is 12.4. The molecule has 2 rings (SSSR count). The highest BCUT2D eigenvalue weighted by atomic mass is 35.5. The number of likely N-dealkylation sites (N-methyl/N-ethyl adjacent to an activating group) is 1. The van der Waals surface area contributed by atoms with Gasteiger partial charge in [0.1, 0.15) is 0 Å². The number of nitrogens with one attached hydrogen (secondary N) is 1. The number of anilines is 1. The van der Waals surface area contributed by atoms with E-state index in [1.807, 2.05) is 36.1 Å². The third kappa shape index (κ3) is 5.37. The molecule has 0 spiro atoms. The summed E-state index contributed by atoms with van der Waals surface area (Å²) in [6.45, 7) is 4.66. The minimum atomic E-state index is -0.111. The molecular formula is C17H19ClN2O2S. The van der Waals surface area contributed by atoms with E-state index in [-0.39, 0.29) is 11.8 Å². The average molecular weight is 351 g/mol. The normalized spacial score (nSPS) is 10.4. The maximum Gasteiger partial charge on any atom is 0.227 e. The number of hydrogen-bond donors (Lipinski definition) is 1. The zero-order valence-electron chi connectivity index (χ0n) is 13.1. The topological polar surface area (TPSA) is 49.4 Å². The van der Waals surface area contributed by atoms with Gasteiger partial charge in [-0.05, 0) is 36.8 Å². The van der Waals surface area contributed by atoms with Gasteiger partial charge >= 0.3 is 0 Å². The van der Waals surface area contributed by atoms with Gasteiger partial charge in [0, 0.05) is 24.0 Å². The van der Waals surface area contributed by atoms with Crippen LogP contribution in [0.15, 0.2) is 36.4 Å². The average Bonchev–Trinajstić information content (AvgIpc) is 2.91. The Hall–Kier alpha value is -1.85. The van der Waals surface area contributed by atoms with E-state index in [4.69, 9.17) is 11.6 Å². The Morgan fingerprint density at radius 3 is 2.39 bits per heavy atom. The van der Waals surface area contributed by atoms with Crippen LogP contribution in [0, 0.1) is 0 Å². The Bertz CT molecular complexity index is 682. The second-order valence-corrected chi connectivity index (χ2v) is 6.97. The smallest absolute Gasteiger partial charge is 0.227 e. The molecule has 1 N–H and O–H groups in total. The lowest BCUT2D eigenvalue weighted by Gasteiger charge is -2.20. The molecule has 0 unspecified atom stereocenters. The molecule has 0 fully saturated rings. The number of hydrogen-bond acceptors (Lipinski definition) is 3.